The number of alkyl halides is 1. The highest BCUT2D eigenvalue weighted by atomic mass is 19.1. The predicted molar refractivity (Wildman–Crippen MR) is 120 cm³/mol. The number of ether oxygens (including phenoxy) is 1. The molecule has 7 nitrogen and oxygen atoms in total. The Kier molecular flexibility index (Phi) is 5.79. The third-order valence-electron chi connectivity index (χ3n) is 4.98. The maximum absolute atomic E-state index is 13.2. The molecule has 158 valence electrons. The molecule has 8 heteroatoms. The lowest BCUT2D eigenvalue weighted by Gasteiger charge is -2.36. The number of para-hydroxylation sites is 1. The minimum Gasteiger partial charge on any atom is -0.494 e. The Bertz CT molecular complexity index is 1170. The van der Waals surface area contributed by atoms with Gasteiger partial charge in [0.1, 0.15) is 17.6 Å². The molecule has 0 atom stereocenters. The Morgan fingerprint density at radius 1 is 1.23 bits per heavy atom. The monoisotopic (exact) mass is 419 g/mol. The summed E-state index contributed by atoms with van der Waals surface area (Å²) in [6, 6.07) is 16.3. The summed E-state index contributed by atoms with van der Waals surface area (Å²) in [4.78, 5) is 14.5. The standard InChI is InChI=1S/C23H22FN5O2/c1-31-22-13-18(28-14-16(24)15-28)7-8-20(22)29-12-10-21(30)23(27-29)19(9-11-25)26-17-5-3-2-4-6-17/h2-13,16,25-26H,14-15H2,1H3/b19-9-,25-11?. The lowest BCUT2D eigenvalue weighted by molar-refractivity contribution is 0.274. The molecule has 0 unspecified atom stereocenters. The average Bonchev–Trinajstić information content (AvgIpc) is 2.77. The molecule has 2 aromatic carbocycles. The lowest BCUT2D eigenvalue weighted by Crippen LogP contribution is -2.48. The molecule has 2 N–H and O–H groups in total. The quantitative estimate of drug-likeness (QED) is 0.573. The smallest absolute Gasteiger partial charge is 0.209 e. The summed E-state index contributed by atoms with van der Waals surface area (Å²) in [7, 11) is 1.55. The number of aromatic nitrogens is 2. The molecule has 1 fully saturated rings. The first-order chi connectivity index (χ1) is 15.1. The Morgan fingerprint density at radius 2 is 2.00 bits per heavy atom. The highest BCUT2D eigenvalue weighted by Crippen LogP contribution is 2.31. The molecule has 1 aliphatic rings. The molecule has 0 saturated carbocycles. The molecule has 4 rings (SSSR count). The van der Waals surface area contributed by atoms with Crippen LogP contribution in [-0.4, -0.2) is 42.4 Å². The van der Waals surface area contributed by atoms with Crippen molar-refractivity contribution >= 4 is 23.3 Å². The third-order valence-corrected chi connectivity index (χ3v) is 4.98. The molecule has 0 bridgehead atoms. The lowest BCUT2D eigenvalue weighted by atomic mass is 10.1. The van der Waals surface area contributed by atoms with Crippen LogP contribution in [-0.2, 0) is 0 Å². The molecule has 2 heterocycles. The first-order valence-corrected chi connectivity index (χ1v) is 9.79. The molecule has 3 aromatic rings. The second-order valence-electron chi connectivity index (χ2n) is 7.07. The molecule has 0 spiro atoms. The topological polar surface area (TPSA) is 83.2 Å². The van der Waals surface area contributed by atoms with Crippen molar-refractivity contribution in [1.82, 2.24) is 9.78 Å². The molecule has 0 aliphatic carbocycles. The van der Waals surface area contributed by atoms with Crippen LogP contribution in [0.4, 0.5) is 15.8 Å². The number of halogens is 1. The van der Waals surface area contributed by atoms with Crippen molar-refractivity contribution in [2.24, 2.45) is 0 Å². The summed E-state index contributed by atoms with van der Waals surface area (Å²) in [6.07, 6.45) is 3.35. The predicted octanol–water partition coefficient (Wildman–Crippen LogP) is 3.50. The van der Waals surface area contributed by atoms with Crippen molar-refractivity contribution in [2.75, 3.05) is 30.4 Å². The van der Waals surface area contributed by atoms with Crippen LogP contribution in [0.5, 0.6) is 5.75 Å². The van der Waals surface area contributed by atoms with E-state index in [0.717, 1.165) is 17.6 Å². The van der Waals surface area contributed by atoms with Gasteiger partial charge in [0.2, 0.25) is 5.43 Å². The fourth-order valence-electron chi connectivity index (χ4n) is 3.36. The summed E-state index contributed by atoms with van der Waals surface area (Å²) in [6.45, 7) is 0.734. The van der Waals surface area contributed by atoms with Crippen molar-refractivity contribution in [3.05, 3.63) is 82.8 Å². The zero-order valence-corrected chi connectivity index (χ0v) is 17.0. The van der Waals surface area contributed by atoms with Crippen LogP contribution in [0.25, 0.3) is 11.4 Å². The number of benzene rings is 2. The van der Waals surface area contributed by atoms with Crippen LogP contribution in [0.15, 0.2) is 71.7 Å². The van der Waals surface area contributed by atoms with Crippen LogP contribution in [0.3, 0.4) is 0 Å². The molecule has 0 radical (unpaired) electrons. The van der Waals surface area contributed by atoms with Gasteiger partial charge in [-0.1, -0.05) is 18.2 Å². The van der Waals surface area contributed by atoms with E-state index in [1.807, 2.05) is 53.4 Å². The number of nitrogens with one attached hydrogen (secondary N) is 2. The first-order valence-electron chi connectivity index (χ1n) is 9.79. The Hall–Kier alpha value is -3.94. The second kappa shape index (κ2) is 8.83. The molecule has 1 aromatic heterocycles. The second-order valence-corrected chi connectivity index (χ2v) is 7.07. The number of hydrogen-bond donors (Lipinski definition) is 2. The maximum Gasteiger partial charge on any atom is 0.209 e. The van der Waals surface area contributed by atoms with Gasteiger partial charge in [-0.05, 0) is 30.3 Å². The van der Waals surface area contributed by atoms with Crippen LogP contribution >= 0.6 is 0 Å². The van der Waals surface area contributed by atoms with E-state index in [1.165, 1.54) is 12.1 Å². The average molecular weight is 419 g/mol. The SMILES string of the molecule is COc1cc(N2CC(F)C2)ccc1-n1ccc(=O)c(/C(=C/C=N)Nc2ccccc2)n1. The van der Waals surface area contributed by atoms with Crippen molar-refractivity contribution < 1.29 is 9.13 Å². The number of rotatable bonds is 7. The molecule has 31 heavy (non-hydrogen) atoms. The van der Waals surface area contributed by atoms with Gasteiger partial charge in [0.05, 0.1) is 25.9 Å². The summed E-state index contributed by atoms with van der Waals surface area (Å²) in [5.41, 5.74) is 2.58. The van der Waals surface area contributed by atoms with E-state index in [-0.39, 0.29) is 11.1 Å². The fraction of sp³-hybridized carbons (Fsp3) is 0.174. The third kappa shape index (κ3) is 4.32. The zero-order chi connectivity index (χ0) is 21.8. The highest BCUT2D eigenvalue weighted by molar-refractivity contribution is 5.86. The molecular weight excluding hydrogens is 397 g/mol. The van der Waals surface area contributed by atoms with Crippen molar-refractivity contribution in [3.8, 4) is 11.4 Å². The number of anilines is 2. The van der Waals surface area contributed by atoms with Crippen LogP contribution in [0, 0.1) is 5.41 Å². The largest absolute Gasteiger partial charge is 0.494 e. The van der Waals surface area contributed by atoms with E-state index < -0.39 is 6.17 Å². The Balaban J connectivity index is 1.71. The van der Waals surface area contributed by atoms with Gasteiger partial charge in [0.15, 0.2) is 5.69 Å². The van der Waals surface area contributed by atoms with Gasteiger partial charge in [0, 0.05) is 35.9 Å². The minimum absolute atomic E-state index is 0.170. The van der Waals surface area contributed by atoms with Crippen molar-refractivity contribution in [3.63, 3.8) is 0 Å². The molecule has 1 saturated heterocycles. The Morgan fingerprint density at radius 3 is 2.68 bits per heavy atom. The number of allylic oxidation sites excluding steroid dienone is 1. The first kappa shape index (κ1) is 20.3. The van der Waals surface area contributed by atoms with Gasteiger partial charge in [-0.25, -0.2) is 9.07 Å². The van der Waals surface area contributed by atoms with Gasteiger partial charge >= 0.3 is 0 Å². The summed E-state index contributed by atoms with van der Waals surface area (Å²) >= 11 is 0. The summed E-state index contributed by atoms with van der Waals surface area (Å²) in [5, 5.41) is 15.1. The maximum atomic E-state index is 13.2. The number of hydrogen-bond acceptors (Lipinski definition) is 6. The number of nitrogens with zero attached hydrogens (tertiary/aromatic N) is 3. The van der Waals surface area contributed by atoms with E-state index in [1.54, 1.807) is 18.0 Å². The van der Waals surface area contributed by atoms with E-state index >= 15 is 0 Å². The van der Waals surface area contributed by atoms with Crippen molar-refractivity contribution in [2.45, 2.75) is 6.17 Å². The van der Waals surface area contributed by atoms with Crippen LogP contribution < -0.4 is 20.4 Å². The Labute approximate surface area is 178 Å². The minimum atomic E-state index is -0.801. The summed E-state index contributed by atoms with van der Waals surface area (Å²) < 4.78 is 20.3. The normalized spacial score (nSPS) is 14.1. The van der Waals surface area contributed by atoms with Gasteiger partial charge in [0.25, 0.3) is 0 Å². The number of methoxy groups -OCH3 is 1. The van der Waals surface area contributed by atoms with E-state index in [9.17, 15) is 9.18 Å². The highest BCUT2D eigenvalue weighted by Gasteiger charge is 2.27. The van der Waals surface area contributed by atoms with E-state index in [0.29, 0.717) is 30.2 Å². The fourth-order valence-corrected chi connectivity index (χ4v) is 3.36. The van der Waals surface area contributed by atoms with Gasteiger partial charge < -0.3 is 20.4 Å². The van der Waals surface area contributed by atoms with E-state index in [2.05, 4.69) is 10.4 Å². The van der Waals surface area contributed by atoms with Crippen LogP contribution in [0.1, 0.15) is 5.69 Å². The molecule has 0 amide bonds. The van der Waals surface area contributed by atoms with E-state index in [4.69, 9.17) is 10.1 Å². The van der Waals surface area contributed by atoms with Gasteiger partial charge in [-0.3, -0.25) is 4.79 Å². The summed E-state index contributed by atoms with van der Waals surface area (Å²) in [5.74, 6) is 0.551. The van der Waals surface area contributed by atoms with Gasteiger partial charge in [-0.2, -0.15) is 5.10 Å². The van der Waals surface area contributed by atoms with Crippen molar-refractivity contribution in [1.29, 1.82) is 5.41 Å². The molecular formula is C23H22FN5O2. The van der Waals surface area contributed by atoms with Crippen LogP contribution in [0.2, 0.25) is 0 Å². The van der Waals surface area contributed by atoms with Gasteiger partial charge in [-0.15, -0.1) is 0 Å². The zero-order valence-electron chi connectivity index (χ0n) is 17.0. The molecule has 1 aliphatic heterocycles.